The summed E-state index contributed by atoms with van der Waals surface area (Å²) < 4.78 is 5.24. The van der Waals surface area contributed by atoms with Crippen LogP contribution in [-0.4, -0.2) is 28.2 Å². The number of terminal acetylenes is 1. The zero-order valence-electron chi connectivity index (χ0n) is 14.2. The van der Waals surface area contributed by atoms with E-state index in [1.165, 1.54) is 4.90 Å². The van der Waals surface area contributed by atoms with Crippen molar-refractivity contribution in [3.63, 3.8) is 0 Å². The summed E-state index contributed by atoms with van der Waals surface area (Å²) in [5, 5.41) is 3.25. The molecule has 1 aliphatic heterocycles. The molecule has 6 nitrogen and oxygen atoms in total. The minimum atomic E-state index is -0.563. The molecule has 0 aliphatic carbocycles. The molecule has 25 heavy (non-hydrogen) atoms. The van der Waals surface area contributed by atoms with Gasteiger partial charge in [-0.2, -0.15) is 4.98 Å². The molecule has 1 aliphatic rings. The Morgan fingerprint density at radius 2 is 2.12 bits per heavy atom. The summed E-state index contributed by atoms with van der Waals surface area (Å²) in [6.45, 7) is 3.99. The van der Waals surface area contributed by atoms with Crippen molar-refractivity contribution < 1.29 is 9.53 Å². The molecule has 2 aromatic rings. The second-order valence-electron chi connectivity index (χ2n) is 5.83. The van der Waals surface area contributed by atoms with Crippen molar-refractivity contribution in [1.82, 2.24) is 9.97 Å². The van der Waals surface area contributed by atoms with Crippen LogP contribution in [0.25, 0.3) is 0 Å². The molecule has 1 aromatic heterocycles. The van der Waals surface area contributed by atoms with E-state index in [0.717, 1.165) is 5.56 Å². The maximum Gasteiger partial charge on any atom is 0.417 e. The number of ether oxygens (including phenoxy) is 1. The van der Waals surface area contributed by atoms with Gasteiger partial charge in [0.1, 0.15) is 5.82 Å². The molecule has 6 heteroatoms. The Morgan fingerprint density at radius 3 is 2.80 bits per heavy atom. The van der Waals surface area contributed by atoms with Gasteiger partial charge in [0.2, 0.25) is 5.95 Å². The quantitative estimate of drug-likeness (QED) is 0.848. The number of hydrogen-bond acceptors (Lipinski definition) is 5. The summed E-state index contributed by atoms with van der Waals surface area (Å²) in [5.74, 6) is 3.44. The molecule has 128 valence electrons. The number of cyclic esters (lactones) is 1. The second kappa shape index (κ2) is 7.22. The van der Waals surface area contributed by atoms with Crippen molar-refractivity contribution in [3.05, 3.63) is 48.2 Å². The van der Waals surface area contributed by atoms with Gasteiger partial charge in [0.15, 0.2) is 6.10 Å². The first kappa shape index (κ1) is 16.8. The van der Waals surface area contributed by atoms with Crippen LogP contribution in [0, 0.1) is 12.3 Å². The minimum Gasteiger partial charge on any atom is -0.430 e. The van der Waals surface area contributed by atoms with Gasteiger partial charge in [-0.25, -0.2) is 9.78 Å². The van der Waals surface area contributed by atoms with Crippen molar-refractivity contribution in [2.75, 3.05) is 10.2 Å². The van der Waals surface area contributed by atoms with Crippen LogP contribution in [0.3, 0.4) is 0 Å². The van der Waals surface area contributed by atoms with E-state index in [2.05, 4.69) is 21.2 Å². The van der Waals surface area contributed by atoms with Gasteiger partial charge in [-0.05, 0) is 25.0 Å². The van der Waals surface area contributed by atoms with E-state index in [1.807, 2.05) is 44.2 Å². The smallest absolute Gasteiger partial charge is 0.417 e. The predicted molar refractivity (Wildman–Crippen MR) is 96.2 cm³/mol. The zero-order valence-corrected chi connectivity index (χ0v) is 14.2. The lowest BCUT2D eigenvalue weighted by molar-refractivity contribution is 0.157. The van der Waals surface area contributed by atoms with Gasteiger partial charge >= 0.3 is 6.09 Å². The number of hydrogen-bond donors (Lipinski definition) is 1. The topological polar surface area (TPSA) is 67.3 Å². The third-order valence-electron chi connectivity index (χ3n) is 4.22. The van der Waals surface area contributed by atoms with Crippen LogP contribution < -0.4 is 10.2 Å². The van der Waals surface area contributed by atoms with Crippen LogP contribution in [-0.2, 0) is 4.74 Å². The molecule has 1 fully saturated rings. The highest BCUT2D eigenvalue weighted by Gasteiger charge is 2.41. The Bertz CT molecular complexity index is 788. The summed E-state index contributed by atoms with van der Waals surface area (Å²) >= 11 is 0. The Morgan fingerprint density at radius 1 is 1.36 bits per heavy atom. The molecule has 3 atom stereocenters. The Balaban J connectivity index is 1.82. The normalized spacial score (nSPS) is 20.7. The molecular formula is C19H20N4O2. The lowest BCUT2D eigenvalue weighted by atomic mass is 10.1. The van der Waals surface area contributed by atoms with Gasteiger partial charge in [0.25, 0.3) is 0 Å². The van der Waals surface area contributed by atoms with Gasteiger partial charge in [0.05, 0.1) is 12.1 Å². The minimum absolute atomic E-state index is 0.0300. The highest BCUT2D eigenvalue weighted by molar-refractivity contribution is 5.90. The molecule has 1 amide bonds. The standard InChI is InChI=1S/C19H20N4O2/c1-4-15-16(5-2)25-19(24)23(15)17-11-12-20-18(22-17)21-13(3)14-9-7-6-8-10-14/h2,6-13,15-16H,4H2,1,3H3,(H,20,21,22)/t13-,15-,16+/m0/s1. The lowest BCUT2D eigenvalue weighted by Crippen LogP contribution is -2.36. The fourth-order valence-electron chi connectivity index (χ4n) is 2.89. The predicted octanol–water partition coefficient (Wildman–Crippen LogP) is 3.39. The number of carbonyl (C=O) groups excluding carboxylic acids is 1. The number of anilines is 2. The largest absolute Gasteiger partial charge is 0.430 e. The molecule has 2 heterocycles. The van der Waals surface area contributed by atoms with Crippen molar-refractivity contribution in [2.45, 2.75) is 38.5 Å². The van der Waals surface area contributed by atoms with Crippen LogP contribution in [0.5, 0.6) is 0 Å². The summed E-state index contributed by atoms with van der Waals surface area (Å²) in [7, 11) is 0. The number of nitrogens with one attached hydrogen (secondary N) is 1. The van der Waals surface area contributed by atoms with Gasteiger partial charge in [0, 0.05) is 6.20 Å². The zero-order chi connectivity index (χ0) is 17.8. The van der Waals surface area contributed by atoms with Gasteiger partial charge in [-0.3, -0.25) is 4.90 Å². The van der Waals surface area contributed by atoms with Crippen molar-refractivity contribution >= 4 is 17.9 Å². The molecule has 0 spiro atoms. The molecule has 0 unspecified atom stereocenters. The van der Waals surface area contributed by atoms with E-state index in [-0.39, 0.29) is 12.1 Å². The Hall–Kier alpha value is -3.07. The van der Waals surface area contributed by atoms with Crippen molar-refractivity contribution in [1.29, 1.82) is 0 Å². The van der Waals surface area contributed by atoms with E-state index < -0.39 is 12.2 Å². The van der Waals surface area contributed by atoms with Crippen molar-refractivity contribution in [2.24, 2.45) is 0 Å². The molecule has 0 bridgehead atoms. The van der Waals surface area contributed by atoms with Crippen molar-refractivity contribution in [3.8, 4) is 12.3 Å². The fourth-order valence-corrected chi connectivity index (χ4v) is 2.89. The van der Waals surface area contributed by atoms with Crippen LogP contribution in [0.15, 0.2) is 42.6 Å². The summed E-state index contributed by atoms with van der Waals surface area (Å²) in [6, 6.07) is 11.5. The highest BCUT2D eigenvalue weighted by atomic mass is 16.6. The molecule has 1 saturated heterocycles. The Kier molecular flexibility index (Phi) is 4.85. The maximum atomic E-state index is 12.2. The van der Waals surface area contributed by atoms with Crippen LogP contribution in [0.1, 0.15) is 31.9 Å². The van der Waals surface area contributed by atoms with E-state index in [0.29, 0.717) is 18.2 Å². The monoisotopic (exact) mass is 336 g/mol. The number of aromatic nitrogens is 2. The molecule has 1 aromatic carbocycles. The average molecular weight is 336 g/mol. The molecular weight excluding hydrogens is 316 g/mol. The van der Waals surface area contributed by atoms with E-state index >= 15 is 0 Å². The number of carbonyl (C=O) groups is 1. The third kappa shape index (κ3) is 3.41. The van der Waals surface area contributed by atoms with E-state index in [1.54, 1.807) is 12.3 Å². The maximum absolute atomic E-state index is 12.2. The van der Waals surface area contributed by atoms with Crippen LogP contribution >= 0.6 is 0 Å². The average Bonchev–Trinajstić information content (AvgIpc) is 2.98. The van der Waals surface area contributed by atoms with E-state index in [4.69, 9.17) is 11.2 Å². The SMILES string of the molecule is C#C[C@H]1OC(=O)N(c2ccnc(N[C@@H](C)c3ccccc3)n2)[C@H]1CC. The first-order chi connectivity index (χ1) is 12.1. The number of amides is 1. The number of rotatable bonds is 5. The third-order valence-corrected chi connectivity index (χ3v) is 4.22. The van der Waals surface area contributed by atoms with Crippen LogP contribution in [0.2, 0.25) is 0 Å². The first-order valence-corrected chi connectivity index (χ1v) is 8.24. The molecule has 1 N–H and O–H groups in total. The lowest BCUT2D eigenvalue weighted by Gasteiger charge is -2.21. The van der Waals surface area contributed by atoms with Crippen LogP contribution in [0.4, 0.5) is 16.6 Å². The van der Waals surface area contributed by atoms with Gasteiger partial charge < -0.3 is 10.1 Å². The first-order valence-electron chi connectivity index (χ1n) is 8.24. The van der Waals surface area contributed by atoms with E-state index in [9.17, 15) is 4.79 Å². The Labute approximate surface area is 147 Å². The van der Waals surface area contributed by atoms with Gasteiger partial charge in [-0.15, -0.1) is 6.42 Å². The highest BCUT2D eigenvalue weighted by Crippen LogP contribution is 2.28. The molecule has 0 radical (unpaired) electrons. The fraction of sp³-hybridized carbons (Fsp3) is 0.316. The summed E-state index contributed by atoms with van der Waals surface area (Å²) in [5.41, 5.74) is 1.12. The summed E-state index contributed by atoms with van der Waals surface area (Å²) in [6.07, 6.45) is 6.72. The number of nitrogens with zero attached hydrogens (tertiary/aromatic N) is 3. The molecule has 3 rings (SSSR count). The van der Waals surface area contributed by atoms with Gasteiger partial charge in [-0.1, -0.05) is 43.2 Å². The number of benzene rings is 1. The second-order valence-corrected chi connectivity index (χ2v) is 5.83. The molecule has 0 saturated carbocycles. The summed E-state index contributed by atoms with van der Waals surface area (Å²) in [4.78, 5) is 22.4.